The Labute approximate surface area is 143 Å². The molecule has 0 N–H and O–H groups in total. The molecular formula is C14H7ClFN3S3. The van der Waals surface area contributed by atoms with Crippen LogP contribution in [0.4, 0.5) is 4.39 Å². The summed E-state index contributed by atoms with van der Waals surface area (Å²) in [7, 11) is 0. The molecule has 8 heteroatoms. The number of thioether (sulfide) groups is 1. The molecule has 0 atom stereocenters. The zero-order chi connectivity index (χ0) is 15.7. The molecule has 0 aliphatic carbocycles. The predicted molar refractivity (Wildman–Crippen MR) is 89.4 cm³/mol. The molecule has 0 fully saturated rings. The lowest BCUT2D eigenvalue weighted by Gasteiger charge is -2.05. The van der Waals surface area contributed by atoms with Crippen molar-refractivity contribution in [1.29, 1.82) is 5.26 Å². The SMILES string of the molecule is CSc1nc2nc(C#N)c(Sc3ccc(F)cc3Cl)cc2s1. The van der Waals surface area contributed by atoms with Gasteiger partial charge >= 0.3 is 0 Å². The molecule has 0 unspecified atom stereocenters. The van der Waals surface area contributed by atoms with E-state index in [2.05, 4.69) is 16.0 Å². The van der Waals surface area contributed by atoms with E-state index in [0.717, 1.165) is 9.04 Å². The predicted octanol–water partition coefficient (Wildman–Crippen LogP) is 5.23. The second-order valence-corrected chi connectivity index (χ2v) is 7.70. The first kappa shape index (κ1) is 15.6. The number of nitrogens with zero attached hydrogens (tertiary/aromatic N) is 3. The summed E-state index contributed by atoms with van der Waals surface area (Å²) < 4.78 is 14.9. The minimum Gasteiger partial charge on any atom is -0.215 e. The molecular weight excluding hydrogens is 361 g/mol. The van der Waals surface area contributed by atoms with Crippen LogP contribution in [0, 0.1) is 17.1 Å². The third-order valence-electron chi connectivity index (χ3n) is 2.72. The number of nitriles is 1. The van der Waals surface area contributed by atoms with Gasteiger partial charge in [-0.05, 0) is 30.5 Å². The zero-order valence-electron chi connectivity index (χ0n) is 11.1. The number of benzene rings is 1. The number of halogens is 2. The quantitative estimate of drug-likeness (QED) is 0.593. The summed E-state index contributed by atoms with van der Waals surface area (Å²) in [6, 6.07) is 8.13. The van der Waals surface area contributed by atoms with Crippen LogP contribution in [-0.4, -0.2) is 16.2 Å². The van der Waals surface area contributed by atoms with Gasteiger partial charge in [-0.25, -0.2) is 14.4 Å². The molecule has 3 nitrogen and oxygen atoms in total. The molecule has 0 aliphatic rings. The van der Waals surface area contributed by atoms with E-state index in [-0.39, 0.29) is 5.69 Å². The van der Waals surface area contributed by atoms with Gasteiger partial charge < -0.3 is 0 Å². The molecule has 0 bridgehead atoms. The van der Waals surface area contributed by atoms with Gasteiger partial charge in [0.25, 0.3) is 0 Å². The maximum atomic E-state index is 13.1. The molecule has 2 heterocycles. The summed E-state index contributed by atoms with van der Waals surface area (Å²) in [5, 5.41) is 9.59. The van der Waals surface area contributed by atoms with E-state index >= 15 is 0 Å². The van der Waals surface area contributed by atoms with Crippen LogP contribution in [0.25, 0.3) is 10.3 Å². The maximum absolute atomic E-state index is 13.1. The first-order valence-corrected chi connectivity index (χ1v) is 9.23. The van der Waals surface area contributed by atoms with Gasteiger partial charge in [-0.1, -0.05) is 35.1 Å². The summed E-state index contributed by atoms with van der Waals surface area (Å²) in [6.45, 7) is 0. The number of pyridine rings is 1. The molecule has 0 saturated heterocycles. The van der Waals surface area contributed by atoms with Crippen LogP contribution >= 0.6 is 46.5 Å². The molecule has 0 amide bonds. The molecule has 22 heavy (non-hydrogen) atoms. The zero-order valence-corrected chi connectivity index (χ0v) is 14.3. The summed E-state index contributed by atoms with van der Waals surface area (Å²) in [5.74, 6) is -0.393. The highest BCUT2D eigenvalue weighted by Crippen LogP contribution is 2.37. The van der Waals surface area contributed by atoms with Crippen molar-refractivity contribution in [2.24, 2.45) is 0 Å². The minimum absolute atomic E-state index is 0.288. The van der Waals surface area contributed by atoms with Crippen molar-refractivity contribution in [3.8, 4) is 6.07 Å². The molecule has 0 saturated carbocycles. The largest absolute Gasteiger partial charge is 0.215 e. The first-order chi connectivity index (χ1) is 10.6. The average Bonchev–Trinajstić information content (AvgIpc) is 2.91. The minimum atomic E-state index is -0.393. The van der Waals surface area contributed by atoms with E-state index < -0.39 is 5.82 Å². The topological polar surface area (TPSA) is 49.6 Å². The number of fused-ring (bicyclic) bond motifs is 1. The second-order valence-electron chi connectivity index (χ2n) is 4.13. The summed E-state index contributed by atoms with van der Waals surface area (Å²) in [4.78, 5) is 10.0. The van der Waals surface area contributed by atoms with E-state index in [1.807, 2.05) is 12.3 Å². The fraction of sp³-hybridized carbons (Fsp3) is 0.0714. The van der Waals surface area contributed by atoms with Gasteiger partial charge in [-0.3, -0.25) is 0 Å². The molecule has 2 aromatic heterocycles. The Morgan fingerprint density at radius 3 is 2.77 bits per heavy atom. The Bertz CT molecular complexity index is 904. The highest BCUT2D eigenvalue weighted by molar-refractivity contribution is 8.00. The summed E-state index contributed by atoms with van der Waals surface area (Å²) in [6.07, 6.45) is 1.94. The van der Waals surface area contributed by atoms with Crippen molar-refractivity contribution >= 4 is 56.8 Å². The highest BCUT2D eigenvalue weighted by atomic mass is 35.5. The Hall–Kier alpha value is -1.33. The smallest absolute Gasteiger partial charge is 0.172 e. The van der Waals surface area contributed by atoms with Gasteiger partial charge in [0.15, 0.2) is 15.7 Å². The van der Waals surface area contributed by atoms with Gasteiger partial charge in [0.2, 0.25) is 0 Å². The van der Waals surface area contributed by atoms with E-state index in [1.54, 1.807) is 6.07 Å². The Kier molecular flexibility index (Phi) is 4.54. The molecule has 3 rings (SSSR count). The number of thiazole rings is 1. The Morgan fingerprint density at radius 1 is 1.27 bits per heavy atom. The molecule has 3 aromatic rings. The Morgan fingerprint density at radius 2 is 2.09 bits per heavy atom. The second kappa shape index (κ2) is 6.42. The van der Waals surface area contributed by atoms with E-state index in [9.17, 15) is 9.65 Å². The summed E-state index contributed by atoms with van der Waals surface area (Å²) in [5.41, 5.74) is 0.858. The first-order valence-electron chi connectivity index (χ1n) is 5.99. The van der Waals surface area contributed by atoms with Crippen LogP contribution in [0.15, 0.2) is 38.4 Å². The monoisotopic (exact) mass is 367 g/mol. The number of hydrogen-bond donors (Lipinski definition) is 0. The van der Waals surface area contributed by atoms with Crippen LogP contribution in [0.5, 0.6) is 0 Å². The molecule has 110 valence electrons. The molecule has 1 aromatic carbocycles. The number of hydrogen-bond acceptors (Lipinski definition) is 6. The molecule has 0 aliphatic heterocycles. The highest BCUT2D eigenvalue weighted by Gasteiger charge is 2.13. The van der Waals surface area contributed by atoms with Crippen molar-refractivity contribution in [2.45, 2.75) is 14.1 Å². The Balaban J connectivity index is 2.07. The van der Waals surface area contributed by atoms with Gasteiger partial charge in [-0.15, -0.1) is 11.3 Å². The fourth-order valence-corrected chi connectivity index (χ4v) is 4.46. The fourth-order valence-electron chi connectivity index (χ4n) is 1.75. The van der Waals surface area contributed by atoms with Crippen molar-refractivity contribution in [3.05, 3.63) is 40.8 Å². The van der Waals surface area contributed by atoms with Gasteiger partial charge in [0.1, 0.15) is 11.9 Å². The summed E-state index contributed by atoms with van der Waals surface area (Å²) >= 11 is 10.4. The molecule has 0 radical (unpaired) electrons. The van der Waals surface area contributed by atoms with E-state index in [1.165, 1.54) is 47.0 Å². The van der Waals surface area contributed by atoms with Crippen LogP contribution in [0.1, 0.15) is 5.69 Å². The van der Waals surface area contributed by atoms with Crippen LogP contribution < -0.4 is 0 Å². The van der Waals surface area contributed by atoms with E-state index in [0.29, 0.717) is 20.5 Å². The third kappa shape index (κ3) is 3.06. The number of rotatable bonds is 3. The molecule has 0 spiro atoms. The van der Waals surface area contributed by atoms with Crippen LogP contribution in [-0.2, 0) is 0 Å². The lowest BCUT2D eigenvalue weighted by Crippen LogP contribution is -1.89. The lowest BCUT2D eigenvalue weighted by molar-refractivity contribution is 0.626. The van der Waals surface area contributed by atoms with Gasteiger partial charge in [0, 0.05) is 4.90 Å². The average molecular weight is 368 g/mol. The maximum Gasteiger partial charge on any atom is 0.172 e. The van der Waals surface area contributed by atoms with Crippen molar-refractivity contribution in [2.75, 3.05) is 6.26 Å². The van der Waals surface area contributed by atoms with Crippen LogP contribution in [0.3, 0.4) is 0 Å². The third-order valence-corrected chi connectivity index (χ3v) is 6.23. The van der Waals surface area contributed by atoms with Crippen molar-refractivity contribution < 1.29 is 4.39 Å². The van der Waals surface area contributed by atoms with Crippen LogP contribution in [0.2, 0.25) is 5.02 Å². The lowest BCUT2D eigenvalue weighted by atomic mass is 10.3. The van der Waals surface area contributed by atoms with Crippen molar-refractivity contribution in [3.63, 3.8) is 0 Å². The van der Waals surface area contributed by atoms with Crippen molar-refractivity contribution in [1.82, 2.24) is 9.97 Å². The van der Waals surface area contributed by atoms with Gasteiger partial charge in [-0.2, -0.15) is 5.26 Å². The standard InChI is InChI=1S/C14H7ClFN3S3/c1-20-14-19-13-12(22-14)5-11(9(6-17)18-13)21-10-3-2-7(16)4-8(10)15/h2-5H,1H3. The van der Waals surface area contributed by atoms with Gasteiger partial charge in [0.05, 0.1) is 14.6 Å². The van der Waals surface area contributed by atoms with E-state index in [4.69, 9.17) is 11.6 Å². The normalized spacial score (nSPS) is 10.8. The number of aromatic nitrogens is 2.